The zero-order valence-electron chi connectivity index (χ0n) is 15.9. The van der Waals surface area contributed by atoms with Gasteiger partial charge in [-0.15, -0.1) is 11.3 Å². The van der Waals surface area contributed by atoms with Crippen molar-refractivity contribution in [2.75, 3.05) is 10.6 Å². The minimum atomic E-state index is -0.291. The second-order valence-corrected chi connectivity index (χ2v) is 8.56. The molecule has 0 radical (unpaired) electrons. The molecule has 0 aliphatic rings. The average Bonchev–Trinajstić information content (AvgIpc) is 3.54. The van der Waals surface area contributed by atoms with Gasteiger partial charge in [0.05, 0.1) is 25.7 Å². The Morgan fingerprint density at radius 2 is 1.58 bits per heavy atom. The van der Waals surface area contributed by atoms with Crippen LogP contribution in [0.25, 0.3) is 15.9 Å². The molecule has 5 aromatic rings. The van der Waals surface area contributed by atoms with E-state index in [9.17, 15) is 9.59 Å². The van der Waals surface area contributed by atoms with Crippen molar-refractivity contribution in [2.24, 2.45) is 0 Å². The van der Waals surface area contributed by atoms with Crippen molar-refractivity contribution in [1.29, 1.82) is 0 Å². The van der Waals surface area contributed by atoms with E-state index < -0.39 is 0 Å². The number of nitrogens with one attached hydrogen (secondary N) is 2. The summed E-state index contributed by atoms with van der Waals surface area (Å²) in [7, 11) is 0. The molecule has 0 fully saturated rings. The van der Waals surface area contributed by atoms with E-state index in [-0.39, 0.29) is 11.8 Å². The predicted octanol–water partition coefficient (Wildman–Crippen LogP) is 4.44. The van der Waals surface area contributed by atoms with E-state index in [4.69, 9.17) is 0 Å². The normalized spacial score (nSPS) is 10.8. The Labute approximate surface area is 184 Å². The number of nitrogens with zero attached hydrogens (tertiary/aromatic N) is 4. The Balaban J connectivity index is 1.25. The molecule has 10 heteroatoms. The number of benzene rings is 2. The Hall–Kier alpha value is -3.89. The highest BCUT2D eigenvalue weighted by atomic mass is 32.1. The summed E-state index contributed by atoms with van der Waals surface area (Å²) in [6.45, 7) is 0. The molecule has 0 unspecified atom stereocenters. The number of carbonyl (C=O) groups excluding carboxylic acids is 2. The lowest BCUT2D eigenvalue weighted by molar-refractivity contribution is 0.102. The summed E-state index contributed by atoms with van der Waals surface area (Å²) in [6.07, 6.45) is 3.05. The highest BCUT2D eigenvalue weighted by molar-refractivity contribution is 7.22. The molecular weight excluding hydrogens is 432 g/mol. The Bertz CT molecular complexity index is 1340. The molecule has 0 bridgehead atoms. The molecule has 0 aliphatic carbocycles. The predicted molar refractivity (Wildman–Crippen MR) is 121 cm³/mol. The molecule has 0 aliphatic heterocycles. The van der Waals surface area contributed by atoms with E-state index in [1.54, 1.807) is 35.3 Å². The van der Waals surface area contributed by atoms with E-state index in [1.165, 1.54) is 17.7 Å². The molecule has 0 saturated heterocycles. The summed E-state index contributed by atoms with van der Waals surface area (Å²) in [4.78, 5) is 34.3. The third kappa shape index (κ3) is 4.06. The van der Waals surface area contributed by atoms with Gasteiger partial charge in [0.15, 0.2) is 5.13 Å². The van der Waals surface area contributed by atoms with E-state index >= 15 is 0 Å². The van der Waals surface area contributed by atoms with Gasteiger partial charge >= 0.3 is 0 Å². The fraction of sp³-hybridized carbons (Fsp3) is 0. The molecule has 0 spiro atoms. The van der Waals surface area contributed by atoms with Crippen LogP contribution in [-0.4, -0.2) is 31.6 Å². The van der Waals surface area contributed by atoms with E-state index in [2.05, 4.69) is 25.7 Å². The van der Waals surface area contributed by atoms with Crippen molar-refractivity contribution >= 4 is 55.5 Å². The van der Waals surface area contributed by atoms with Gasteiger partial charge in [-0.25, -0.2) is 14.6 Å². The summed E-state index contributed by atoms with van der Waals surface area (Å²) in [5.41, 5.74) is 2.31. The minimum Gasteiger partial charge on any atom is -0.321 e. The second-order valence-electron chi connectivity index (χ2n) is 6.45. The number of carbonyl (C=O) groups is 2. The number of thiazole rings is 1. The molecule has 3 heterocycles. The molecule has 2 aromatic carbocycles. The van der Waals surface area contributed by atoms with Gasteiger partial charge in [-0.2, -0.15) is 5.10 Å². The quantitative estimate of drug-likeness (QED) is 0.415. The molecule has 0 saturated carbocycles. The summed E-state index contributed by atoms with van der Waals surface area (Å²) in [6, 6.07) is 18.2. The smallest absolute Gasteiger partial charge is 0.267 e. The summed E-state index contributed by atoms with van der Waals surface area (Å²) < 4.78 is 2.63. The molecule has 2 amide bonds. The maximum atomic E-state index is 12.6. The second kappa shape index (κ2) is 8.09. The van der Waals surface area contributed by atoms with Crippen LogP contribution in [0.4, 0.5) is 10.8 Å². The molecule has 152 valence electrons. The number of fused-ring (bicyclic) bond motifs is 1. The first-order chi connectivity index (χ1) is 15.2. The highest BCUT2D eigenvalue weighted by Gasteiger charge is 2.16. The monoisotopic (exact) mass is 446 g/mol. The number of aromatic nitrogens is 4. The molecular formula is C21H14N6O2S2. The van der Waals surface area contributed by atoms with Crippen LogP contribution in [0.5, 0.6) is 0 Å². The van der Waals surface area contributed by atoms with Crippen molar-refractivity contribution in [2.45, 2.75) is 0 Å². The fourth-order valence-corrected chi connectivity index (χ4v) is 4.56. The Kier molecular flexibility index (Phi) is 4.98. The number of hydrogen-bond acceptors (Lipinski definition) is 7. The lowest BCUT2D eigenvalue weighted by Gasteiger charge is -2.05. The third-order valence-corrected chi connectivity index (χ3v) is 6.41. The van der Waals surface area contributed by atoms with Crippen LogP contribution in [-0.2, 0) is 0 Å². The maximum Gasteiger partial charge on any atom is 0.267 e. The molecule has 0 atom stereocenters. The lowest BCUT2D eigenvalue weighted by atomic mass is 10.2. The highest BCUT2D eigenvalue weighted by Crippen LogP contribution is 2.27. The summed E-state index contributed by atoms with van der Waals surface area (Å²) in [5, 5.41) is 10.2. The van der Waals surface area contributed by atoms with Crippen LogP contribution >= 0.6 is 22.7 Å². The van der Waals surface area contributed by atoms with Crippen LogP contribution < -0.4 is 10.6 Å². The SMILES string of the molecule is O=C(Nc1ccc(-n2cncn2)cc1)c1ccc(C(=O)Nc2nc3ccccc3s2)s1. The zero-order valence-corrected chi connectivity index (χ0v) is 17.5. The summed E-state index contributed by atoms with van der Waals surface area (Å²) >= 11 is 2.53. The number of rotatable bonds is 5. The van der Waals surface area contributed by atoms with E-state index in [0.717, 1.165) is 27.2 Å². The van der Waals surface area contributed by atoms with Gasteiger partial charge in [0.25, 0.3) is 11.8 Å². The van der Waals surface area contributed by atoms with Gasteiger partial charge < -0.3 is 5.32 Å². The molecule has 2 N–H and O–H groups in total. The van der Waals surface area contributed by atoms with Crippen LogP contribution in [0.2, 0.25) is 0 Å². The molecule has 3 aromatic heterocycles. The van der Waals surface area contributed by atoms with Crippen molar-refractivity contribution in [3.05, 3.63) is 83.1 Å². The fourth-order valence-electron chi connectivity index (χ4n) is 2.90. The molecule has 31 heavy (non-hydrogen) atoms. The van der Waals surface area contributed by atoms with Crippen molar-refractivity contribution in [3.8, 4) is 5.69 Å². The minimum absolute atomic E-state index is 0.280. The number of amides is 2. The summed E-state index contributed by atoms with van der Waals surface area (Å²) in [5.74, 6) is -0.571. The van der Waals surface area contributed by atoms with Crippen LogP contribution in [0.3, 0.4) is 0 Å². The van der Waals surface area contributed by atoms with Gasteiger partial charge in [0, 0.05) is 5.69 Å². The first-order valence-corrected chi connectivity index (χ1v) is 10.8. The first-order valence-electron chi connectivity index (χ1n) is 9.19. The van der Waals surface area contributed by atoms with Crippen molar-refractivity contribution in [1.82, 2.24) is 19.7 Å². The number of hydrogen-bond donors (Lipinski definition) is 2. The molecule has 5 rings (SSSR count). The van der Waals surface area contributed by atoms with Gasteiger partial charge in [-0.05, 0) is 48.5 Å². The lowest BCUT2D eigenvalue weighted by Crippen LogP contribution is -2.11. The van der Waals surface area contributed by atoms with Crippen LogP contribution in [0.1, 0.15) is 19.3 Å². The van der Waals surface area contributed by atoms with Crippen molar-refractivity contribution < 1.29 is 9.59 Å². The number of anilines is 2. The standard InChI is InChI=1S/C21H14N6O2S2/c28-19(24-13-5-7-14(8-6-13)27-12-22-11-23-27)17-9-10-18(30-17)20(29)26-21-25-15-3-1-2-4-16(15)31-21/h1-12H,(H,24,28)(H,25,26,29). The first kappa shape index (κ1) is 19.1. The molecule has 8 nitrogen and oxygen atoms in total. The van der Waals surface area contributed by atoms with E-state index in [1.807, 2.05) is 36.4 Å². The maximum absolute atomic E-state index is 12.6. The Morgan fingerprint density at radius 3 is 2.29 bits per heavy atom. The topological polar surface area (TPSA) is 102 Å². The largest absolute Gasteiger partial charge is 0.321 e. The number of thiophene rings is 1. The van der Waals surface area contributed by atoms with Gasteiger partial charge in [-0.3, -0.25) is 14.9 Å². The van der Waals surface area contributed by atoms with Crippen molar-refractivity contribution in [3.63, 3.8) is 0 Å². The number of para-hydroxylation sites is 1. The Morgan fingerprint density at radius 1 is 0.839 bits per heavy atom. The van der Waals surface area contributed by atoms with Gasteiger partial charge in [-0.1, -0.05) is 23.5 Å². The zero-order chi connectivity index (χ0) is 21.2. The van der Waals surface area contributed by atoms with Gasteiger partial charge in [0.1, 0.15) is 12.7 Å². The van der Waals surface area contributed by atoms with Gasteiger partial charge in [0.2, 0.25) is 0 Å². The third-order valence-electron chi connectivity index (χ3n) is 4.38. The van der Waals surface area contributed by atoms with E-state index in [0.29, 0.717) is 20.6 Å². The average molecular weight is 447 g/mol. The van der Waals surface area contributed by atoms with Crippen LogP contribution in [0.15, 0.2) is 73.3 Å². The van der Waals surface area contributed by atoms with Crippen LogP contribution in [0, 0.1) is 0 Å².